The number of amides is 1. The molecule has 2 aromatic carbocycles. The Morgan fingerprint density at radius 2 is 1.74 bits per heavy atom. The van der Waals surface area contributed by atoms with Crippen molar-refractivity contribution in [2.75, 3.05) is 13.7 Å². The van der Waals surface area contributed by atoms with Gasteiger partial charge in [-0.3, -0.25) is 9.59 Å². The molecular weight excluding hydrogens is 342 g/mol. The van der Waals surface area contributed by atoms with E-state index in [2.05, 4.69) is 5.32 Å². The van der Waals surface area contributed by atoms with E-state index in [1.165, 1.54) is 0 Å². The van der Waals surface area contributed by atoms with Gasteiger partial charge >= 0.3 is 5.97 Å². The highest BCUT2D eigenvalue weighted by molar-refractivity contribution is 5.93. The van der Waals surface area contributed by atoms with Crippen LogP contribution in [0.2, 0.25) is 0 Å². The molecule has 2 aromatic rings. The topological polar surface area (TPSA) is 75.6 Å². The predicted molar refractivity (Wildman–Crippen MR) is 103 cm³/mol. The second kappa shape index (κ2) is 7.43. The molecule has 0 aliphatic heterocycles. The van der Waals surface area contributed by atoms with Crippen molar-refractivity contribution in [3.8, 4) is 5.75 Å². The SMILES string of the molecule is CCC(CNC(=O)C1(c2ccccc2OC)CC1)(C(=O)O)c1ccccc1. The standard InChI is InChI=1S/C22H25NO4/c1-3-21(20(25)26,16-9-5-4-6-10-16)15-23-19(24)22(13-14-22)17-11-7-8-12-18(17)27-2/h4-12H,3,13-15H2,1-2H3,(H,23,24)(H,25,26). The maximum absolute atomic E-state index is 13.1. The summed E-state index contributed by atoms with van der Waals surface area (Å²) >= 11 is 0. The number of hydrogen-bond donors (Lipinski definition) is 2. The molecule has 1 atom stereocenters. The summed E-state index contributed by atoms with van der Waals surface area (Å²) in [6.07, 6.45) is 1.85. The molecule has 142 valence electrons. The van der Waals surface area contributed by atoms with Crippen molar-refractivity contribution in [2.45, 2.75) is 37.0 Å². The van der Waals surface area contributed by atoms with Crippen LogP contribution in [-0.4, -0.2) is 30.6 Å². The second-order valence-electron chi connectivity index (χ2n) is 7.07. The highest BCUT2D eigenvalue weighted by Gasteiger charge is 2.53. The zero-order chi connectivity index (χ0) is 19.5. The minimum atomic E-state index is -1.15. The van der Waals surface area contributed by atoms with Crippen LogP contribution in [0.15, 0.2) is 54.6 Å². The number of ether oxygens (including phenoxy) is 1. The molecule has 2 N–H and O–H groups in total. The number of benzene rings is 2. The highest BCUT2D eigenvalue weighted by atomic mass is 16.5. The number of hydrogen-bond acceptors (Lipinski definition) is 3. The minimum absolute atomic E-state index is 0.0541. The van der Waals surface area contributed by atoms with Crippen LogP contribution in [0.5, 0.6) is 5.75 Å². The molecule has 1 aliphatic rings. The van der Waals surface area contributed by atoms with Crippen molar-refractivity contribution < 1.29 is 19.4 Å². The largest absolute Gasteiger partial charge is 0.496 e. The monoisotopic (exact) mass is 367 g/mol. The van der Waals surface area contributed by atoms with Crippen LogP contribution in [0.3, 0.4) is 0 Å². The van der Waals surface area contributed by atoms with E-state index in [4.69, 9.17) is 4.74 Å². The Bertz CT molecular complexity index is 829. The number of rotatable bonds is 8. The fourth-order valence-electron chi connectivity index (χ4n) is 3.72. The van der Waals surface area contributed by atoms with E-state index in [-0.39, 0.29) is 12.5 Å². The molecule has 0 bridgehead atoms. The van der Waals surface area contributed by atoms with Crippen molar-refractivity contribution >= 4 is 11.9 Å². The quantitative estimate of drug-likeness (QED) is 0.751. The zero-order valence-electron chi connectivity index (χ0n) is 15.7. The first kappa shape index (κ1) is 19.0. The molecule has 27 heavy (non-hydrogen) atoms. The smallest absolute Gasteiger partial charge is 0.315 e. The van der Waals surface area contributed by atoms with E-state index in [9.17, 15) is 14.7 Å². The molecule has 0 radical (unpaired) electrons. The first-order chi connectivity index (χ1) is 13.0. The number of carbonyl (C=O) groups excluding carboxylic acids is 1. The minimum Gasteiger partial charge on any atom is -0.496 e. The second-order valence-corrected chi connectivity index (χ2v) is 7.07. The molecule has 1 aliphatic carbocycles. The van der Waals surface area contributed by atoms with Gasteiger partial charge in [-0.05, 0) is 30.9 Å². The van der Waals surface area contributed by atoms with Crippen LogP contribution in [0.4, 0.5) is 0 Å². The molecule has 5 heteroatoms. The Hall–Kier alpha value is -2.82. The number of methoxy groups -OCH3 is 1. The average Bonchev–Trinajstić information content (AvgIpc) is 3.51. The first-order valence-corrected chi connectivity index (χ1v) is 9.21. The number of aliphatic carboxylic acids is 1. The summed E-state index contributed by atoms with van der Waals surface area (Å²) < 4.78 is 5.42. The molecule has 0 saturated heterocycles. The maximum atomic E-state index is 13.1. The van der Waals surface area contributed by atoms with Crippen LogP contribution < -0.4 is 10.1 Å². The van der Waals surface area contributed by atoms with E-state index in [0.29, 0.717) is 17.7 Å². The Balaban J connectivity index is 1.84. The molecule has 1 fully saturated rings. The lowest BCUT2D eigenvalue weighted by atomic mass is 9.77. The van der Waals surface area contributed by atoms with Crippen molar-refractivity contribution in [2.24, 2.45) is 0 Å². The van der Waals surface area contributed by atoms with E-state index >= 15 is 0 Å². The third kappa shape index (κ3) is 3.29. The van der Waals surface area contributed by atoms with Gasteiger partial charge in [0, 0.05) is 12.1 Å². The van der Waals surface area contributed by atoms with Crippen LogP contribution in [-0.2, 0) is 20.4 Å². The molecule has 0 aromatic heterocycles. The fourth-order valence-corrected chi connectivity index (χ4v) is 3.72. The normalized spacial score (nSPS) is 16.8. The van der Waals surface area contributed by atoms with Gasteiger partial charge in [-0.25, -0.2) is 0 Å². The molecule has 1 amide bonds. The highest BCUT2D eigenvalue weighted by Crippen LogP contribution is 2.51. The van der Waals surface area contributed by atoms with Gasteiger partial charge in [-0.2, -0.15) is 0 Å². The molecule has 3 rings (SSSR count). The molecule has 0 spiro atoms. The van der Waals surface area contributed by atoms with Crippen LogP contribution >= 0.6 is 0 Å². The Labute approximate surface area is 159 Å². The third-order valence-corrected chi connectivity index (χ3v) is 5.70. The van der Waals surface area contributed by atoms with Gasteiger partial charge in [0.15, 0.2) is 0 Å². The zero-order valence-corrected chi connectivity index (χ0v) is 15.7. The summed E-state index contributed by atoms with van der Waals surface area (Å²) in [5.41, 5.74) is -0.209. The van der Waals surface area contributed by atoms with Crippen LogP contribution in [0.1, 0.15) is 37.3 Å². The number of carbonyl (C=O) groups is 2. The van der Waals surface area contributed by atoms with E-state index in [1.807, 2.05) is 49.4 Å². The third-order valence-electron chi connectivity index (χ3n) is 5.70. The Kier molecular flexibility index (Phi) is 5.22. The molecule has 1 saturated carbocycles. The summed E-state index contributed by atoms with van der Waals surface area (Å²) in [5.74, 6) is -0.381. The predicted octanol–water partition coefficient (Wildman–Crippen LogP) is 3.28. The Morgan fingerprint density at radius 1 is 1.11 bits per heavy atom. The van der Waals surface area contributed by atoms with Crippen molar-refractivity contribution in [1.29, 1.82) is 0 Å². The van der Waals surface area contributed by atoms with E-state index in [1.54, 1.807) is 19.2 Å². The summed E-state index contributed by atoms with van der Waals surface area (Å²) in [5, 5.41) is 12.9. The maximum Gasteiger partial charge on any atom is 0.315 e. The summed E-state index contributed by atoms with van der Waals surface area (Å²) in [4.78, 5) is 25.2. The van der Waals surface area contributed by atoms with Gasteiger partial charge in [0.05, 0.1) is 12.5 Å². The average molecular weight is 367 g/mol. The van der Waals surface area contributed by atoms with Gasteiger partial charge in [-0.15, -0.1) is 0 Å². The van der Waals surface area contributed by atoms with Gasteiger partial charge in [0.25, 0.3) is 0 Å². The number of carboxylic acids is 1. The lowest BCUT2D eigenvalue weighted by Crippen LogP contribution is -2.48. The fraction of sp³-hybridized carbons (Fsp3) is 0.364. The van der Waals surface area contributed by atoms with E-state index < -0.39 is 16.8 Å². The lowest BCUT2D eigenvalue weighted by Gasteiger charge is -2.30. The summed E-state index contributed by atoms with van der Waals surface area (Å²) in [6, 6.07) is 16.6. The van der Waals surface area contributed by atoms with Crippen LogP contribution in [0.25, 0.3) is 0 Å². The van der Waals surface area contributed by atoms with Crippen molar-refractivity contribution in [3.05, 3.63) is 65.7 Å². The van der Waals surface area contributed by atoms with Gasteiger partial charge in [0.1, 0.15) is 11.2 Å². The van der Waals surface area contributed by atoms with Crippen molar-refractivity contribution in [3.63, 3.8) is 0 Å². The van der Waals surface area contributed by atoms with Gasteiger partial charge in [0.2, 0.25) is 5.91 Å². The molecule has 0 heterocycles. The van der Waals surface area contributed by atoms with Crippen LogP contribution in [0, 0.1) is 0 Å². The molecule has 5 nitrogen and oxygen atoms in total. The van der Waals surface area contributed by atoms with Gasteiger partial charge < -0.3 is 15.2 Å². The Morgan fingerprint density at radius 3 is 2.30 bits per heavy atom. The number of para-hydroxylation sites is 1. The van der Waals surface area contributed by atoms with Crippen molar-refractivity contribution in [1.82, 2.24) is 5.32 Å². The molecular formula is C22H25NO4. The molecule has 1 unspecified atom stereocenters. The first-order valence-electron chi connectivity index (χ1n) is 9.21. The number of nitrogens with one attached hydrogen (secondary N) is 1. The number of carboxylic acid groups (broad SMARTS) is 1. The summed E-state index contributed by atoms with van der Waals surface area (Å²) in [6.45, 7) is 1.89. The summed E-state index contributed by atoms with van der Waals surface area (Å²) in [7, 11) is 1.59. The van der Waals surface area contributed by atoms with Gasteiger partial charge in [-0.1, -0.05) is 55.5 Å². The lowest BCUT2D eigenvalue weighted by molar-refractivity contribution is -0.144. The van der Waals surface area contributed by atoms with E-state index in [0.717, 1.165) is 18.4 Å².